The van der Waals surface area contributed by atoms with Gasteiger partial charge in [0.2, 0.25) is 0 Å². The van der Waals surface area contributed by atoms with Crippen LogP contribution in [0.15, 0.2) is 102 Å². The number of thiol groups is 1. The third-order valence-corrected chi connectivity index (χ3v) is 30.9. The number of unbranched alkanes of at least 4 members (excludes halogenated alkanes) is 18. The molecule has 520 valence electrons. The highest BCUT2D eigenvalue weighted by Gasteiger charge is 2.44. The second-order valence-corrected chi connectivity index (χ2v) is 37.8. The molecular weight excluding hydrogens is 1340 g/mol. The molecule has 1 atom stereocenters. The largest absolute Gasteiger partial charge is 0.143 e. The van der Waals surface area contributed by atoms with Crippen molar-refractivity contribution in [2.75, 3.05) is 0 Å². The van der Waals surface area contributed by atoms with Gasteiger partial charge in [0.1, 0.15) is 0 Å². The Morgan fingerprint density at radius 1 is 0.357 bits per heavy atom. The lowest BCUT2D eigenvalue weighted by Gasteiger charge is -2.31. The molecule has 0 saturated heterocycles. The number of thiophene rings is 6. The van der Waals surface area contributed by atoms with Gasteiger partial charge in [-0.05, 0) is 250 Å². The first-order chi connectivity index (χ1) is 47.7. The number of aryl methyl sites for hydroxylation is 6. The van der Waals surface area contributed by atoms with Gasteiger partial charge in [0.15, 0.2) is 0 Å². The molecular formula is C90H112S8. The molecule has 0 spiro atoms. The van der Waals surface area contributed by atoms with Crippen molar-refractivity contribution in [3.05, 3.63) is 153 Å². The zero-order valence-corrected chi connectivity index (χ0v) is 67.9. The lowest BCUT2D eigenvalue weighted by Crippen LogP contribution is -2.27. The van der Waals surface area contributed by atoms with Crippen molar-refractivity contribution in [2.45, 2.75) is 290 Å². The van der Waals surface area contributed by atoms with Gasteiger partial charge in [0, 0.05) is 68.8 Å². The second kappa shape index (κ2) is 34.1. The van der Waals surface area contributed by atoms with Crippen LogP contribution in [0.2, 0.25) is 0 Å². The molecule has 98 heavy (non-hydrogen) atoms. The molecule has 8 heteroatoms. The smallest absolute Gasteiger partial charge is 0.0481 e. The summed E-state index contributed by atoms with van der Waals surface area (Å²) >= 11 is 23.4. The van der Waals surface area contributed by atoms with E-state index >= 15 is 0 Å². The molecule has 9 aromatic rings. The van der Waals surface area contributed by atoms with E-state index < -0.39 is 0 Å². The van der Waals surface area contributed by atoms with Gasteiger partial charge in [-0.25, -0.2) is 0 Å². The number of hydrogen-bond donors (Lipinski definition) is 1. The molecule has 12 rings (SSSR count). The van der Waals surface area contributed by atoms with Gasteiger partial charge >= 0.3 is 0 Å². The fourth-order valence-corrected chi connectivity index (χ4v) is 24.8. The maximum atomic E-state index is 5.87. The molecule has 6 heterocycles. The topological polar surface area (TPSA) is 0 Å². The van der Waals surface area contributed by atoms with Gasteiger partial charge in [-0.2, -0.15) is 0 Å². The third kappa shape index (κ3) is 16.3. The molecule has 0 N–H and O–H groups in total. The summed E-state index contributed by atoms with van der Waals surface area (Å²) in [5.74, 6) is 0.478. The molecule has 0 saturated carbocycles. The van der Waals surface area contributed by atoms with Gasteiger partial charge in [-0.15, -0.1) is 80.6 Å². The first-order valence-electron chi connectivity index (χ1n) is 38.8. The maximum Gasteiger partial charge on any atom is 0.0481 e. The van der Waals surface area contributed by atoms with Gasteiger partial charge in [-0.3, -0.25) is 0 Å². The van der Waals surface area contributed by atoms with Crippen LogP contribution in [0.5, 0.6) is 0 Å². The lowest BCUT2D eigenvalue weighted by molar-refractivity contribution is 0.421. The van der Waals surface area contributed by atoms with E-state index in [-0.39, 0.29) is 10.8 Å². The Morgan fingerprint density at radius 3 is 1.09 bits per heavy atom. The minimum absolute atomic E-state index is 0.0574. The van der Waals surface area contributed by atoms with E-state index in [0.717, 1.165) is 56.3 Å². The molecule has 0 fully saturated rings. The summed E-state index contributed by atoms with van der Waals surface area (Å²) in [7, 11) is 0. The van der Waals surface area contributed by atoms with E-state index in [4.69, 9.17) is 24.8 Å². The van der Waals surface area contributed by atoms with Crippen LogP contribution in [0.4, 0.5) is 0 Å². The van der Waals surface area contributed by atoms with Crippen LogP contribution in [0.3, 0.4) is 0 Å². The zero-order valence-electron chi connectivity index (χ0n) is 61.2. The van der Waals surface area contributed by atoms with Crippen LogP contribution in [0.25, 0.3) is 86.4 Å². The molecule has 3 aromatic carbocycles. The summed E-state index contributed by atoms with van der Waals surface area (Å²) in [5, 5.41) is 0. The molecule has 6 aromatic heterocycles. The van der Waals surface area contributed by atoms with Gasteiger partial charge in [-0.1, -0.05) is 233 Å². The monoisotopic (exact) mass is 1450 g/mol. The van der Waals surface area contributed by atoms with Crippen LogP contribution < -0.4 is 0 Å². The van der Waals surface area contributed by atoms with Crippen molar-refractivity contribution in [1.82, 2.24) is 0 Å². The molecule has 0 aliphatic heterocycles. The van der Waals surface area contributed by atoms with E-state index in [1.54, 1.807) is 38.3 Å². The first-order valence-corrected chi connectivity index (χ1v) is 44.6. The molecule has 0 bridgehead atoms. The Balaban J connectivity index is 0.946. The molecule has 3 aliphatic carbocycles. The summed E-state index contributed by atoms with van der Waals surface area (Å²) in [6.07, 6.45) is 41.9. The Morgan fingerprint density at radius 2 is 0.684 bits per heavy atom. The molecule has 3 aliphatic rings. The summed E-state index contributed by atoms with van der Waals surface area (Å²) in [4.78, 5) is 20.3. The number of rotatable bonds is 37. The van der Waals surface area contributed by atoms with Crippen LogP contribution in [-0.4, -0.2) is 4.86 Å². The lowest BCUT2D eigenvalue weighted by atomic mass is 9.73. The minimum atomic E-state index is -0.0867. The average Bonchev–Trinajstić information content (AvgIpc) is 1.58. The van der Waals surface area contributed by atoms with Gasteiger partial charge < -0.3 is 0 Å². The minimum Gasteiger partial charge on any atom is -0.143 e. The predicted octanol–water partition coefficient (Wildman–Crippen LogP) is 31.5. The average molecular weight is 1450 g/mol. The number of thiocarbonyl (C=S) groups is 1. The normalized spacial score (nSPS) is 15.2. The van der Waals surface area contributed by atoms with Crippen LogP contribution in [0, 0.1) is 5.92 Å². The maximum absolute atomic E-state index is 5.87. The highest BCUT2D eigenvalue weighted by atomic mass is 32.1. The van der Waals surface area contributed by atoms with Crippen molar-refractivity contribution in [3.8, 4) is 80.8 Å². The Kier molecular flexibility index (Phi) is 25.7. The molecule has 0 nitrogen and oxygen atoms in total. The van der Waals surface area contributed by atoms with E-state index in [2.05, 4.69) is 234 Å². The fourth-order valence-electron chi connectivity index (χ4n) is 16.4. The first kappa shape index (κ1) is 73.8. The van der Waals surface area contributed by atoms with Crippen molar-refractivity contribution in [2.24, 2.45) is 5.92 Å². The number of hydrogen-bond acceptors (Lipinski definition) is 8. The summed E-state index contributed by atoms with van der Waals surface area (Å²) in [5.41, 5.74) is 22.3. The van der Waals surface area contributed by atoms with Crippen molar-refractivity contribution < 1.29 is 0 Å². The van der Waals surface area contributed by atoms with E-state index in [1.165, 1.54) is 263 Å². The Hall–Kier alpha value is -3.96. The number of fused-ring (bicyclic) bond motifs is 6. The summed E-state index contributed by atoms with van der Waals surface area (Å²) in [6, 6.07) is 37.8. The standard InChI is InChI=1S/C90H112S8/c1-11-17-23-29-35-60-52-78(94-83(60)66-42-46-70-72-48-44-68(92)58-76(72)90(9,10)74(70)50-66)85-62(37-31-25-19-13-3)54-80(96-85)87-64(39-33-27-21-15-5)56-82(98-87)88-65(40-34-28-22-16-6)55-81(97-88)86-63(38-32-26-20-14-4)53-79(95-86)84-61(36-30-24-18-12-2)51-77(93-84)59-41-45-69-71-47-43-67(91)57-75(71)89(7,8)73(69)49-59/h41-42,44-56,58,75,92H,11-40,43,57H2,1-10H3. The number of allylic oxidation sites excluding steroid dienone is 2. The highest BCUT2D eigenvalue weighted by Crippen LogP contribution is 2.58. The number of benzene rings is 3. The van der Waals surface area contributed by atoms with E-state index in [9.17, 15) is 0 Å². The molecule has 0 amide bonds. The van der Waals surface area contributed by atoms with Gasteiger partial charge in [0.25, 0.3) is 0 Å². The quantitative estimate of drug-likeness (QED) is 0.0230. The predicted molar refractivity (Wildman–Crippen MR) is 450 cm³/mol. The Bertz CT molecular complexity index is 4200. The van der Waals surface area contributed by atoms with Crippen molar-refractivity contribution in [3.63, 3.8) is 0 Å². The summed E-state index contributed by atoms with van der Waals surface area (Å²) < 4.78 is 0. The molecule has 1 unspecified atom stereocenters. The van der Waals surface area contributed by atoms with Crippen molar-refractivity contribution in [1.29, 1.82) is 0 Å². The van der Waals surface area contributed by atoms with Crippen molar-refractivity contribution >= 4 is 103 Å². The highest BCUT2D eigenvalue weighted by molar-refractivity contribution is 7.80. The summed E-state index contributed by atoms with van der Waals surface area (Å²) in [6.45, 7) is 23.9. The van der Waals surface area contributed by atoms with Crippen LogP contribution in [0.1, 0.15) is 292 Å². The Labute approximate surface area is 627 Å². The SMILES string of the molecule is CCCCCCc1cc(-c2sc(-c3sc(-c4sc(-c5sc(-c6sc(-c7ccc8c(c7)C(C)(C)C7CC(=S)CC=C87)cc6CCCCCC)cc5CCCCCC)cc4CCCCCC)cc3CCCCCC)cc2CCCCCC)sc1-c1ccc2c(c1)C(C)(C)c1cc(S)ccc1-2. The third-order valence-electron chi connectivity index (χ3n) is 22.2. The fraction of sp³-hybridized carbons (Fsp3) is 0.500. The van der Waals surface area contributed by atoms with E-state index in [0.29, 0.717) is 5.92 Å². The molecule has 0 radical (unpaired) electrons. The van der Waals surface area contributed by atoms with Crippen LogP contribution >= 0.6 is 92.9 Å². The van der Waals surface area contributed by atoms with E-state index in [1.807, 2.05) is 0 Å². The van der Waals surface area contributed by atoms with Gasteiger partial charge in [0.05, 0.1) is 0 Å². The van der Waals surface area contributed by atoms with Crippen LogP contribution in [-0.2, 0) is 49.4 Å². The second-order valence-electron chi connectivity index (χ2n) is 30.4. The zero-order chi connectivity index (χ0) is 68.5.